The van der Waals surface area contributed by atoms with Crippen molar-refractivity contribution < 1.29 is 17.6 Å². The van der Waals surface area contributed by atoms with E-state index in [-0.39, 0.29) is 5.82 Å². The lowest BCUT2D eigenvalue weighted by molar-refractivity contribution is -0.137. The Morgan fingerprint density at radius 3 is 2.26 bits per heavy atom. The van der Waals surface area contributed by atoms with Crippen LogP contribution >= 0.6 is 11.3 Å². The van der Waals surface area contributed by atoms with Crippen LogP contribution in [0.5, 0.6) is 0 Å². The predicted octanol–water partition coefficient (Wildman–Crippen LogP) is 7.60. The average Bonchev–Trinajstić information content (AvgIpc) is 3.62. The van der Waals surface area contributed by atoms with Crippen LogP contribution in [0.3, 0.4) is 0 Å². The molecule has 1 saturated carbocycles. The summed E-state index contributed by atoms with van der Waals surface area (Å²) in [6.07, 6.45) is -2.25. The van der Waals surface area contributed by atoms with Crippen molar-refractivity contribution in [2.24, 2.45) is 0 Å². The quantitative estimate of drug-likeness (QED) is 0.192. The minimum Gasteiger partial charge on any atom is -0.367 e. The van der Waals surface area contributed by atoms with Gasteiger partial charge in [0.2, 0.25) is 5.13 Å². The van der Waals surface area contributed by atoms with Gasteiger partial charge in [-0.05, 0) is 67.9 Å². The molecule has 2 aromatic heterocycles. The first-order valence-electron chi connectivity index (χ1n) is 14.3. The number of likely N-dealkylation sites (N-methyl/N-ethyl adjacent to an activating group) is 1. The zero-order valence-electron chi connectivity index (χ0n) is 23.4. The van der Waals surface area contributed by atoms with E-state index < -0.39 is 11.7 Å². The van der Waals surface area contributed by atoms with Crippen molar-refractivity contribution in [2.45, 2.75) is 32.0 Å². The van der Waals surface area contributed by atoms with Crippen molar-refractivity contribution in [1.29, 1.82) is 0 Å². The number of nitrogens with zero attached hydrogens (tertiary/aromatic N) is 6. The van der Waals surface area contributed by atoms with Crippen molar-refractivity contribution in [3.05, 3.63) is 72.0 Å². The maximum absolute atomic E-state index is 13.7. The summed E-state index contributed by atoms with van der Waals surface area (Å²) in [5.74, 6) is 0.530. The van der Waals surface area contributed by atoms with Gasteiger partial charge in [0.25, 0.3) is 0 Å². The molecule has 0 atom stereocenters. The first kappa shape index (κ1) is 27.8. The number of halogens is 4. The standard InChI is InChI=1S/C31H29F4N7S/c1-2-40-13-15-41(16-14-40)26-18-27-25(36-28(42(27)23-11-12-23)19-5-9-22(32)10-6-19)17-24(26)37-30-39-38-29(43-30)20-3-7-21(8-4-20)31(33,34)35/h3-10,17-18,23H,2,11-16H2,1H3,(H,37,39). The lowest BCUT2D eigenvalue weighted by Crippen LogP contribution is -2.46. The summed E-state index contributed by atoms with van der Waals surface area (Å²) < 4.78 is 55.1. The highest BCUT2D eigenvalue weighted by Crippen LogP contribution is 2.44. The SMILES string of the molecule is CCN1CCN(c2cc3c(cc2Nc2nnc(-c4ccc(C(F)(F)F)cc4)s2)nc(-c2ccc(F)cc2)n3C2CC2)CC1. The lowest BCUT2D eigenvalue weighted by Gasteiger charge is -2.36. The molecular weight excluding hydrogens is 578 g/mol. The number of piperazine rings is 1. The minimum absolute atomic E-state index is 0.287. The minimum atomic E-state index is -4.40. The van der Waals surface area contributed by atoms with Crippen LogP contribution < -0.4 is 10.2 Å². The maximum atomic E-state index is 13.7. The fourth-order valence-electron chi connectivity index (χ4n) is 5.61. The molecule has 1 saturated heterocycles. The third kappa shape index (κ3) is 5.56. The van der Waals surface area contributed by atoms with Crippen molar-refractivity contribution in [3.8, 4) is 22.0 Å². The van der Waals surface area contributed by atoms with Crippen LogP contribution in [0.15, 0.2) is 60.7 Å². The molecule has 1 aliphatic heterocycles. The van der Waals surface area contributed by atoms with E-state index in [0.717, 1.165) is 91.5 Å². The summed E-state index contributed by atoms with van der Waals surface area (Å²) in [6, 6.07) is 16.0. The normalized spacial score (nSPS) is 16.3. The molecule has 2 aliphatic rings. The molecule has 5 aromatic rings. The Kier molecular flexibility index (Phi) is 7.05. The van der Waals surface area contributed by atoms with E-state index in [4.69, 9.17) is 4.98 Å². The summed E-state index contributed by atoms with van der Waals surface area (Å²) >= 11 is 1.28. The zero-order valence-corrected chi connectivity index (χ0v) is 24.2. The van der Waals surface area contributed by atoms with Gasteiger partial charge in [-0.1, -0.05) is 30.4 Å². The smallest absolute Gasteiger partial charge is 0.367 e. The Morgan fingerprint density at radius 2 is 1.60 bits per heavy atom. The number of rotatable bonds is 7. The fraction of sp³-hybridized carbons (Fsp3) is 0.323. The van der Waals surface area contributed by atoms with Gasteiger partial charge >= 0.3 is 6.18 Å². The first-order chi connectivity index (χ1) is 20.8. The van der Waals surface area contributed by atoms with Crippen LogP contribution in [0.4, 0.5) is 34.1 Å². The third-order valence-corrected chi connectivity index (χ3v) is 9.00. The molecule has 0 unspecified atom stereocenters. The van der Waals surface area contributed by atoms with E-state index in [1.807, 2.05) is 6.07 Å². The fourth-order valence-corrected chi connectivity index (χ4v) is 6.37. The number of aromatic nitrogens is 4. The highest BCUT2D eigenvalue weighted by atomic mass is 32.1. The van der Waals surface area contributed by atoms with Gasteiger partial charge in [0.1, 0.15) is 16.6 Å². The van der Waals surface area contributed by atoms with Crippen molar-refractivity contribution in [2.75, 3.05) is 42.9 Å². The number of alkyl halides is 3. The Hall–Kier alpha value is -4.03. The molecule has 0 spiro atoms. The van der Waals surface area contributed by atoms with Crippen molar-refractivity contribution >= 4 is 38.9 Å². The number of hydrogen-bond donors (Lipinski definition) is 1. The van der Waals surface area contributed by atoms with E-state index in [9.17, 15) is 17.6 Å². The Morgan fingerprint density at radius 1 is 0.907 bits per heavy atom. The lowest BCUT2D eigenvalue weighted by atomic mass is 10.1. The van der Waals surface area contributed by atoms with E-state index in [1.165, 1.54) is 35.6 Å². The monoisotopic (exact) mass is 607 g/mol. The first-order valence-corrected chi connectivity index (χ1v) is 15.2. The highest BCUT2D eigenvalue weighted by Gasteiger charge is 2.31. The average molecular weight is 608 g/mol. The summed E-state index contributed by atoms with van der Waals surface area (Å²) in [5, 5.41) is 13.1. The van der Waals surface area contributed by atoms with Crippen LogP contribution in [-0.4, -0.2) is 57.4 Å². The largest absolute Gasteiger partial charge is 0.416 e. The van der Waals surface area contributed by atoms with E-state index in [0.29, 0.717) is 21.7 Å². The van der Waals surface area contributed by atoms with Gasteiger partial charge in [0, 0.05) is 43.3 Å². The summed E-state index contributed by atoms with van der Waals surface area (Å²) in [4.78, 5) is 9.81. The number of nitrogens with one attached hydrogen (secondary N) is 1. The van der Waals surface area contributed by atoms with Crippen LogP contribution in [-0.2, 0) is 6.18 Å². The molecule has 222 valence electrons. The molecule has 7 nitrogen and oxygen atoms in total. The second kappa shape index (κ2) is 10.9. The molecule has 12 heteroatoms. The molecule has 0 bridgehead atoms. The van der Waals surface area contributed by atoms with Gasteiger partial charge in [-0.3, -0.25) is 0 Å². The van der Waals surface area contributed by atoms with Crippen molar-refractivity contribution in [1.82, 2.24) is 24.6 Å². The van der Waals surface area contributed by atoms with Gasteiger partial charge in [0.15, 0.2) is 0 Å². The Labute approximate surface area is 249 Å². The molecular formula is C31H29F4N7S. The van der Waals surface area contributed by atoms with Crippen molar-refractivity contribution in [3.63, 3.8) is 0 Å². The number of benzene rings is 3. The summed E-state index contributed by atoms with van der Waals surface area (Å²) in [7, 11) is 0. The van der Waals surface area contributed by atoms with Gasteiger partial charge in [0.05, 0.1) is 28.0 Å². The van der Waals surface area contributed by atoms with Gasteiger partial charge in [-0.2, -0.15) is 13.2 Å². The molecule has 1 N–H and O–H groups in total. The molecule has 0 radical (unpaired) electrons. The van der Waals surface area contributed by atoms with Crippen LogP contribution in [0, 0.1) is 5.82 Å². The number of imidazole rings is 1. The predicted molar refractivity (Wildman–Crippen MR) is 161 cm³/mol. The van der Waals surface area contributed by atoms with E-state index in [1.54, 1.807) is 12.1 Å². The Bertz CT molecular complexity index is 1750. The van der Waals surface area contributed by atoms with Crippen LogP contribution in [0.1, 0.15) is 31.4 Å². The van der Waals surface area contributed by atoms with Crippen LogP contribution in [0.2, 0.25) is 0 Å². The summed E-state index contributed by atoms with van der Waals surface area (Å²) in [5.41, 5.74) is 4.44. The molecule has 1 aliphatic carbocycles. The number of anilines is 3. The van der Waals surface area contributed by atoms with E-state index in [2.05, 4.69) is 42.9 Å². The highest BCUT2D eigenvalue weighted by molar-refractivity contribution is 7.18. The molecule has 3 aromatic carbocycles. The van der Waals surface area contributed by atoms with E-state index >= 15 is 0 Å². The Balaban J connectivity index is 1.27. The molecule has 43 heavy (non-hydrogen) atoms. The van der Waals surface area contributed by atoms with Gasteiger partial charge in [-0.25, -0.2) is 9.37 Å². The molecule has 3 heterocycles. The summed E-state index contributed by atoms with van der Waals surface area (Å²) in [6.45, 7) is 6.81. The maximum Gasteiger partial charge on any atom is 0.416 e. The van der Waals surface area contributed by atoms with Gasteiger partial charge in [-0.15, -0.1) is 10.2 Å². The molecule has 2 fully saturated rings. The zero-order chi connectivity index (χ0) is 29.7. The molecule has 0 amide bonds. The third-order valence-electron chi connectivity index (χ3n) is 8.11. The number of hydrogen-bond acceptors (Lipinski definition) is 7. The van der Waals surface area contributed by atoms with Crippen LogP contribution in [0.25, 0.3) is 33.0 Å². The number of fused-ring (bicyclic) bond motifs is 1. The second-order valence-electron chi connectivity index (χ2n) is 10.9. The topological polar surface area (TPSA) is 62.1 Å². The molecule has 7 rings (SSSR count). The van der Waals surface area contributed by atoms with Gasteiger partial charge < -0.3 is 19.7 Å². The second-order valence-corrected chi connectivity index (χ2v) is 11.9.